The van der Waals surface area contributed by atoms with Crippen LogP contribution in [0.1, 0.15) is 55.6 Å². The molecule has 1 aliphatic rings. The van der Waals surface area contributed by atoms with Crippen molar-refractivity contribution in [1.82, 2.24) is 14.9 Å². The maximum Gasteiger partial charge on any atom is 0.272 e. The summed E-state index contributed by atoms with van der Waals surface area (Å²) in [6.45, 7) is 6.46. The van der Waals surface area contributed by atoms with Crippen LogP contribution in [0.2, 0.25) is 0 Å². The molecule has 1 saturated heterocycles. The van der Waals surface area contributed by atoms with Crippen LogP contribution in [0.4, 0.5) is 5.82 Å². The van der Waals surface area contributed by atoms with Gasteiger partial charge in [-0.1, -0.05) is 37.3 Å². The van der Waals surface area contributed by atoms with E-state index in [0.717, 1.165) is 24.3 Å². The Labute approximate surface area is 156 Å². The van der Waals surface area contributed by atoms with Gasteiger partial charge in [-0.25, -0.2) is 9.97 Å². The van der Waals surface area contributed by atoms with Gasteiger partial charge in [0.1, 0.15) is 17.8 Å². The van der Waals surface area contributed by atoms with Crippen molar-refractivity contribution in [2.24, 2.45) is 0 Å². The third kappa shape index (κ3) is 4.21. The third-order valence-corrected chi connectivity index (χ3v) is 5.15. The van der Waals surface area contributed by atoms with E-state index in [-0.39, 0.29) is 5.91 Å². The molecular formula is C21H28N4O. The molecule has 0 spiro atoms. The molecule has 26 heavy (non-hydrogen) atoms. The number of anilines is 1. The molecule has 0 aliphatic carbocycles. The van der Waals surface area contributed by atoms with Crippen LogP contribution in [-0.4, -0.2) is 39.9 Å². The molecule has 1 unspecified atom stereocenters. The number of nitrogens with zero attached hydrogens (tertiary/aromatic N) is 4. The van der Waals surface area contributed by atoms with Gasteiger partial charge >= 0.3 is 0 Å². The van der Waals surface area contributed by atoms with Gasteiger partial charge < -0.3 is 9.80 Å². The van der Waals surface area contributed by atoms with Gasteiger partial charge in [0.15, 0.2) is 0 Å². The lowest BCUT2D eigenvalue weighted by Crippen LogP contribution is -2.40. The van der Waals surface area contributed by atoms with E-state index in [1.54, 1.807) is 0 Å². The molecule has 5 heteroatoms. The first-order valence-electron chi connectivity index (χ1n) is 9.64. The number of piperidine rings is 1. The summed E-state index contributed by atoms with van der Waals surface area (Å²) in [5, 5.41) is 0. The van der Waals surface area contributed by atoms with Crippen LogP contribution in [-0.2, 0) is 6.54 Å². The van der Waals surface area contributed by atoms with Crippen molar-refractivity contribution in [2.45, 2.75) is 52.1 Å². The second kappa shape index (κ2) is 8.79. The highest BCUT2D eigenvalue weighted by Gasteiger charge is 2.24. The van der Waals surface area contributed by atoms with Gasteiger partial charge in [0, 0.05) is 31.7 Å². The van der Waals surface area contributed by atoms with Gasteiger partial charge in [-0.2, -0.15) is 0 Å². The highest BCUT2D eigenvalue weighted by molar-refractivity contribution is 5.92. The third-order valence-electron chi connectivity index (χ3n) is 5.15. The van der Waals surface area contributed by atoms with Crippen LogP contribution in [0.15, 0.2) is 42.7 Å². The summed E-state index contributed by atoms with van der Waals surface area (Å²) in [5.74, 6) is 0.843. The zero-order valence-electron chi connectivity index (χ0n) is 15.8. The molecule has 2 aromatic rings. The summed E-state index contributed by atoms with van der Waals surface area (Å²) in [7, 11) is 0. The Morgan fingerprint density at radius 1 is 1.19 bits per heavy atom. The Kier molecular flexibility index (Phi) is 6.21. The molecule has 1 fully saturated rings. The molecule has 138 valence electrons. The van der Waals surface area contributed by atoms with Crippen molar-refractivity contribution in [3.05, 3.63) is 54.0 Å². The molecular weight excluding hydrogens is 324 g/mol. The van der Waals surface area contributed by atoms with Gasteiger partial charge in [0.05, 0.1) is 0 Å². The number of amides is 1. The van der Waals surface area contributed by atoms with E-state index in [1.165, 1.54) is 25.6 Å². The lowest BCUT2D eigenvalue weighted by atomic mass is 10.00. The molecule has 5 nitrogen and oxygen atoms in total. The van der Waals surface area contributed by atoms with Crippen molar-refractivity contribution in [2.75, 3.05) is 18.0 Å². The average Bonchev–Trinajstić information content (AvgIpc) is 2.72. The number of aromatic nitrogens is 2. The van der Waals surface area contributed by atoms with Crippen molar-refractivity contribution >= 4 is 11.7 Å². The predicted octanol–water partition coefficient (Wildman–Crippen LogP) is 3.91. The van der Waals surface area contributed by atoms with Gasteiger partial charge in [0.25, 0.3) is 5.91 Å². The summed E-state index contributed by atoms with van der Waals surface area (Å²) >= 11 is 0. The lowest BCUT2D eigenvalue weighted by molar-refractivity contribution is 0.0746. The van der Waals surface area contributed by atoms with Crippen LogP contribution in [0.5, 0.6) is 0 Å². The van der Waals surface area contributed by atoms with Crippen LogP contribution >= 0.6 is 0 Å². The number of carbonyl (C=O) groups excluding carboxylic acids is 1. The first kappa shape index (κ1) is 18.4. The minimum absolute atomic E-state index is 0.0370. The zero-order valence-corrected chi connectivity index (χ0v) is 15.8. The topological polar surface area (TPSA) is 49.3 Å². The predicted molar refractivity (Wildman–Crippen MR) is 104 cm³/mol. The molecule has 1 amide bonds. The quantitative estimate of drug-likeness (QED) is 0.791. The monoisotopic (exact) mass is 352 g/mol. The normalized spacial score (nSPS) is 17.2. The smallest absolute Gasteiger partial charge is 0.272 e. The van der Waals surface area contributed by atoms with E-state index in [2.05, 4.69) is 21.8 Å². The molecule has 0 bridgehead atoms. The summed E-state index contributed by atoms with van der Waals surface area (Å²) < 4.78 is 0. The Morgan fingerprint density at radius 3 is 2.73 bits per heavy atom. The molecule has 0 radical (unpaired) electrons. The number of hydrogen-bond acceptors (Lipinski definition) is 4. The van der Waals surface area contributed by atoms with Crippen LogP contribution in [0, 0.1) is 0 Å². The number of carbonyl (C=O) groups is 1. The number of rotatable bonds is 6. The number of benzene rings is 1. The SMILES string of the molecule is CCC1CCCCN1c1cc(C(=O)N(CC)Cc2ccccc2)ncn1. The molecule has 0 N–H and O–H groups in total. The van der Waals surface area contributed by atoms with E-state index < -0.39 is 0 Å². The maximum atomic E-state index is 13.0. The van der Waals surface area contributed by atoms with Crippen LogP contribution in [0.25, 0.3) is 0 Å². The molecule has 3 rings (SSSR count). The second-order valence-corrected chi connectivity index (χ2v) is 6.82. The van der Waals surface area contributed by atoms with E-state index in [1.807, 2.05) is 48.2 Å². The molecule has 1 aromatic carbocycles. The van der Waals surface area contributed by atoms with Crippen LogP contribution in [0.3, 0.4) is 0 Å². The van der Waals surface area contributed by atoms with Crippen molar-refractivity contribution in [3.8, 4) is 0 Å². The highest BCUT2D eigenvalue weighted by atomic mass is 16.2. The van der Waals surface area contributed by atoms with Crippen molar-refractivity contribution in [3.63, 3.8) is 0 Å². The Morgan fingerprint density at radius 2 is 2.00 bits per heavy atom. The second-order valence-electron chi connectivity index (χ2n) is 6.82. The molecule has 1 aliphatic heterocycles. The zero-order chi connectivity index (χ0) is 18.4. The van der Waals surface area contributed by atoms with Crippen molar-refractivity contribution in [1.29, 1.82) is 0 Å². The van der Waals surface area contributed by atoms with E-state index >= 15 is 0 Å². The maximum absolute atomic E-state index is 13.0. The van der Waals surface area contributed by atoms with E-state index in [0.29, 0.717) is 24.8 Å². The average molecular weight is 352 g/mol. The van der Waals surface area contributed by atoms with Crippen molar-refractivity contribution < 1.29 is 4.79 Å². The fourth-order valence-corrected chi connectivity index (χ4v) is 3.64. The van der Waals surface area contributed by atoms with Gasteiger partial charge in [-0.15, -0.1) is 0 Å². The first-order valence-corrected chi connectivity index (χ1v) is 9.64. The lowest BCUT2D eigenvalue weighted by Gasteiger charge is -2.36. The summed E-state index contributed by atoms with van der Waals surface area (Å²) in [5.41, 5.74) is 1.60. The molecule has 1 aromatic heterocycles. The molecule has 1 atom stereocenters. The highest BCUT2D eigenvalue weighted by Crippen LogP contribution is 2.25. The minimum Gasteiger partial charge on any atom is -0.354 e. The Bertz CT molecular complexity index is 719. The van der Waals surface area contributed by atoms with Gasteiger partial charge in [-0.05, 0) is 38.2 Å². The van der Waals surface area contributed by atoms with Gasteiger partial charge in [-0.3, -0.25) is 4.79 Å². The Hall–Kier alpha value is -2.43. The van der Waals surface area contributed by atoms with E-state index in [9.17, 15) is 4.79 Å². The standard InChI is InChI=1S/C21H28N4O/c1-3-18-12-8-9-13-25(18)20-14-19(22-16-23-20)21(26)24(4-2)15-17-10-6-5-7-11-17/h5-7,10-11,14,16,18H,3-4,8-9,12-13,15H2,1-2H3. The fraction of sp³-hybridized carbons (Fsp3) is 0.476. The minimum atomic E-state index is -0.0370. The largest absolute Gasteiger partial charge is 0.354 e. The summed E-state index contributed by atoms with van der Waals surface area (Å²) in [6, 6.07) is 12.4. The van der Waals surface area contributed by atoms with E-state index in [4.69, 9.17) is 0 Å². The summed E-state index contributed by atoms with van der Waals surface area (Å²) in [4.78, 5) is 25.9. The number of hydrogen-bond donors (Lipinski definition) is 0. The van der Waals surface area contributed by atoms with Gasteiger partial charge in [0.2, 0.25) is 0 Å². The molecule has 2 heterocycles. The summed E-state index contributed by atoms with van der Waals surface area (Å²) in [6.07, 6.45) is 6.27. The van der Waals surface area contributed by atoms with Crippen LogP contribution < -0.4 is 4.90 Å². The molecule has 0 saturated carbocycles. The fourth-order valence-electron chi connectivity index (χ4n) is 3.64. The Balaban J connectivity index is 1.78. The first-order chi connectivity index (χ1) is 12.7.